The summed E-state index contributed by atoms with van der Waals surface area (Å²) >= 11 is 0. The van der Waals surface area contributed by atoms with Crippen molar-refractivity contribution in [2.24, 2.45) is 5.92 Å². The Labute approximate surface area is 107 Å². The zero-order valence-corrected chi connectivity index (χ0v) is 10.8. The van der Waals surface area contributed by atoms with Gasteiger partial charge < -0.3 is 15.0 Å². The highest BCUT2D eigenvalue weighted by molar-refractivity contribution is 5.52. The lowest BCUT2D eigenvalue weighted by molar-refractivity contribution is 0.341. The van der Waals surface area contributed by atoms with Gasteiger partial charge in [0.1, 0.15) is 5.65 Å². The molecule has 0 spiro atoms. The SMILES string of the molecule is CCN1CCC(Cc2cn3ccc(N)cc3n2)C1. The highest BCUT2D eigenvalue weighted by Crippen LogP contribution is 2.20. The van der Waals surface area contributed by atoms with Crippen LogP contribution in [0.25, 0.3) is 5.65 Å². The van der Waals surface area contributed by atoms with Crippen molar-refractivity contribution in [3.63, 3.8) is 0 Å². The molecule has 0 aromatic carbocycles. The van der Waals surface area contributed by atoms with Gasteiger partial charge in [-0.15, -0.1) is 0 Å². The number of likely N-dealkylation sites (tertiary alicyclic amines) is 1. The van der Waals surface area contributed by atoms with Crippen molar-refractivity contribution in [1.29, 1.82) is 0 Å². The lowest BCUT2D eigenvalue weighted by atomic mass is 10.0. The summed E-state index contributed by atoms with van der Waals surface area (Å²) in [7, 11) is 0. The molecule has 0 aliphatic carbocycles. The molecule has 1 fully saturated rings. The van der Waals surface area contributed by atoms with Gasteiger partial charge in [-0.3, -0.25) is 0 Å². The van der Waals surface area contributed by atoms with Gasteiger partial charge in [-0.25, -0.2) is 4.98 Å². The number of fused-ring (bicyclic) bond motifs is 1. The van der Waals surface area contributed by atoms with Crippen LogP contribution in [-0.2, 0) is 6.42 Å². The third-order valence-corrected chi connectivity index (χ3v) is 3.85. The molecule has 1 unspecified atom stereocenters. The van der Waals surface area contributed by atoms with Crippen LogP contribution in [0.1, 0.15) is 19.0 Å². The smallest absolute Gasteiger partial charge is 0.139 e. The standard InChI is InChI=1S/C14H20N4/c1-2-17-5-3-11(9-17)7-13-10-18-6-4-12(15)8-14(18)16-13/h4,6,8,10-11H,2-3,5,7,9,15H2,1H3. The number of aromatic nitrogens is 2. The Balaban J connectivity index is 1.75. The zero-order chi connectivity index (χ0) is 12.5. The van der Waals surface area contributed by atoms with Crippen molar-refractivity contribution in [3.05, 3.63) is 30.2 Å². The summed E-state index contributed by atoms with van der Waals surface area (Å²) in [6, 6.07) is 3.84. The normalized spacial score (nSPS) is 20.8. The predicted octanol–water partition coefficient (Wildman–Crippen LogP) is 1.80. The largest absolute Gasteiger partial charge is 0.399 e. The van der Waals surface area contributed by atoms with E-state index in [1.807, 2.05) is 18.3 Å². The molecule has 0 amide bonds. The molecule has 1 aliphatic rings. The second kappa shape index (κ2) is 4.61. The van der Waals surface area contributed by atoms with E-state index >= 15 is 0 Å². The molecular formula is C14H20N4. The van der Waals surface area contributed by atoms with Crippen LogP contribution in [0, 0.1) is 5.92 Å². The van der Waals surface area contributed by atoms with Crippen molar-refractivity contribution < 1.29 is 0 Å². The van der Waals surface area contributed by atoms with E-state index < -0.39 is 0 Å². The van der Waals surface area contributed by atoms with Gasteiger partial charge in [0.25, 0.3) is 0 Å². The van der Waals surface area contributed by atoms with Crippen LogP contribution in [0.5, 0.6) is 0 Å². The third kappa shape index (κ3) is 2.20. The Bertz CT molecular complexity index is 546. The minimum atomic E-state index is 0.757. The summed E-state index contributed by atoms with van der Waals surface area (Å²) in [6.07, 6.45) is 6.49. The number of anilines is 1. The first-order valence-electron chi connectivity index (χ1n) is 6.70. The van der Waals surface area contributed by atoms with Crippen LogP contribution in [0.15, 0.2) is 24.5 Å². The number of pyridine rings is 1. The molecular weight excluding hydrogens is 224 g/mol. The maximum Gasteiger partial charge on any atom is 0.139 e. The Kier molecular flexibility index (Phi) is 2.96. The fraction of sp³-hybridized carbons (Fsp3) is 0.500. The Morgan fingerprint density at radius 3 is 3.17 bits per heavy atom. The zero-order valence-electron chi connectivity index (χ0n) is 10.8. The van der Waals surface area contributed by atoms with E-state index in [2.05, 4.69) is 27.4 Å². The maximum absolute atomic E-state index is 5.77. The topological polar surface area (TPSA) is 46.6 Å². The molecule has 2 aromatic rings. The number of hydrogen-bond donors (Lipinski definition) is 1. The van der Waals surface area contributed by atoms with Gasteiger partial charge in [0.15, 0.2) is 0 Å². The van der Waals surface area contributed by atoms with E-state index in [0.29, 0.717) is 0 Å². The first-order valence-corrected chi connectivity index (χ1v) is 6.70. The van der Waals surface area contributed by atoms with Gasteiger partial charge >= 0.3 is 0 Å². The quantitative estimate of drug-likeness (QED) is 0.895. The van der Waals surface area contributed by atoms with E-state index in [1.54, 1.807) is 0 Å². The van der Waals surface area contributed by atoms with Crippen molar-refractivity contribution in [2.45, 2.75) is 19.8 Å². The molecule has 3 rings (SSSR count). The molecule has 0 radical (unpaired) electrons. The van der Waals surface area contributed by atoms with E-state index in [-0.39, 0.29) is 0 Å². The van der Waals surface area contributed by atoms with Gasteiger partial charge in [0, 0.05) is 30.7 Å². The van der Waals surface area contributed by atoms with Crippen LogP contribution < -0.4 is 5.73 Å². The fourth-order valence-corrected chi connectivity index (χ4v) is 2.81. The number of nitrogens with zero attached hydrogens (tertiary/aromatic N) is 3. The second-order valence-corrected chi connectivity index (χ2v) is 5.21. The van der Waals surface area contributed by atoms with E-state index in [4.69, 9.17) is 5.73 Å². The number of nitrogens with two attached hydrogens (primary N) is 1. The Morgan fingerprint density at radius 1 is 1.50 bits per heavy atom. The van der Waals surface area contributed by atoms with Crippen LogP contribution in [0.2, 0.25) is 0 Å². The molecule has 2 N–H and O–H groups in total. The molecule has 18 heavy (non-hydrogen) atoms. The highest BCUT2D eigenvalue weighted by atomic mass is 15.1. The molecule has 1 atom stereocenters. The number of imidazole rings is 1. The fourth-order valence-electron chi connectivity index (χ4n) is 2.81. The van der Waals surface area contributed by atoms with E-state index in [1.165, 1.54) is 25.2 Å². The summed E-state index contributed by atoms with van der Waals surface area (Å²) in [5, 5.41) is 0. The number of rotatable bonds is 3. The molecule has 2 aromatic heterocycles. The van der Waals surface area contributed by atoms with Crippen LogP contribution in [-0.4, -0.2) is 33.9 Å². The predicted molar refractivity (Wildman–Crippen MR) is 73.5 cm³/mol. The highest BCUT2D eigenvalue weighted by Gasteiger charge is 2.22. The van der Waals surface area contributed by atoms with Gasteiger partial charge in [-0.05, 0) is 37.9 Å². The van der Waals surface area contributed by atoms with Gasteiger partial charge in [0.2, 0.25) is 0 Å². The van der Waals surface area contributed by atoms with Gasteiger partial charge in [0.05, 0.1) is 5.69 Å². The summed E-state index contributed by atoms with van der Waals surface area (Å²) in [6.45, 7) is 5.85. The lowest BCUT2D eigenvalue weighted by Gasteiger charge is -2.11. The van der Waals surface area contributed by atoms with Gasteiger partial charge in [-0.2, -0.15) is 0 Å². The lowest BCUT2D eigenvalue weighted by Crippen LogP contribution is -2.20. The second-order valence-electron chi connectivity index (χ2n) is 5.21. The number of hydrogen-bond acceptors (Lipinski definition) is 3. The molecule has 0 saturated carbocycles. The molecule has 0 bridgehead atoms. The minimum absolute atomic E-state index is 0.757. The average molecular weight is 244 g/mol. The van der Waals surface area contributed by atoms with Crippen LogP contribution in [0.3, 0.4) is 0 Å². The molecule has 1 aliphatic heterocycles. The summed E-state index contributed by atoms with van der Waals surface area (Å²) in [5.74, 6) is 0.757. The monoisotopic (exact) mass is 244 g/mol. The maximum atomic E-state index is 5.77. The Morgan fingerprint density at radius 2 is 2.39 bits per heavy atom. The first kappa shape index (κ1) is 11.5. The third-order valence-electron chi connectivity index (χ3n) is 3.85. The van der Waals surface area contributed by atoms with Crippen molar-refractivity contribution in [1.82, 2.24) is 14.3 Å². The van der Waals surface area contributed by atoms with Crippen molar-refractivity contribution in [2.75, 3.05) is 25.4 Å². The van der Waals surface area contributed by atoms with Crippen LogP contribution >= 0.6 is 0 Å². The summed E-state index contributed by atoms with van der Waals surface area (Å²) in [5.41, 5.74) is 8.69. The molecule has 1 saturated heterocycles. The van der Waals surface area contributed by atoms with Crippen molar-refractivity contribution >= 4 is 11.3 Å². The molecule has 3 heterocycles. The molecule has 4 heteroatoms. The van der Waals surface area contributed by atoms with Crippen molar-refractivity contribution in [3.8, 4) is 0 Å². The number of nitrogen functional groups attached to an aromatic ring is 1. The minimum Gasteiger partial charge on any atom is -0.399 e. The first-order chi connectivity index (χ1) is 8.74. The molecule has 4 nitrogen and oxygen atoms in total. The van der Waals surface area contributed by atoms with Gasteiger partial charge in [-0.1, -0.05) is 6.92 Å². The van der Waals surface area contributed by atoms with E-state index in [0.717, 1.165) is 30.2 Å². The summed E-state index contributed by atoms with van der Waals surface area (Å²) < 4.78 is 2.05. The Hall–Kier alpha value is -1.55. The average Bonchev–Trinajstić information content (AvgIpc) is 2.95. The van der Waals surface area contributed by atoms with E-state index in [9.17, 15) is 0 Å². The summed E-state index contributed by atoms with van der Waals surface area (Å²) in [4.78, 5) is 7.16. The van der Waals surface area contributed by atoms with Crippen LogP contribution in [0.4, 0.5) is 5.69 Å². The molecule has 96 valence electrons.